The Labute approximate surface area is 98.1 Å². The average Bonchev–Trinajstić information content (AvgIpc) is 2.22. The third-order valence-electron chi connectivity index (χ3n) is 3.28. The zero-order valence-corrected chi connectivity index (χ0v) is 11.1. The fourth-order valence-corrected chi connectivity index (χ4v) is 3.60. The Kier molecular flexibility index (Phi) is 4.73. The molecule has 1 aliphatic heterocycles. The van der Waals surface area contributed by atoms with Crippen LogP contribution in [0.25, 0.3) is 0 Å². The molecule has 1 rings (SSSR count). The molecule has 16 heavy (non-hydrogen) atoms. The zero-order valence-electron chi connectivity index (χ0n) is 10.3. The summed E-state index contributed by atoms with van der Waals surface area (Å²) in [5.41, 5.74) is 0. The van der Waals surface area contributed by atoms with Crippen LogP contribution < -0.4 is 0 Å². The van der Waals surface area contributed by atoms with E-state index in [1.807, 2.05) is 20.9 Å². The van der Waals surface area contributed by atoms with Crippen molar-refractivity contribution >= 4 is 10.0 Å². The second kappa shape index (κ2) is 5.44. The maximum Gasteiger partial charge on any atom is 0.214 e. The van der Waals surface area contributed by atoms with Crippen molar-refractivity contribution in [2.45, 2.75) is 32.4 Å². The maximum atomic E-state index is 11.9. The molecule has 0 aromatic heterocycles. The van der Waals surface area contributed by atoms with Crippen molar-refractivity contribution in [2.75, 3.05) is 32.5 Å². The van der Waals surface area contributed by atoms with Crippen molar-refractivity contribution in [2.24, 2.45) is 0 Å². The van der Waals surface area contributed by atoms with Crippen LogP contribution in [0.1, 0.15) is 20.3 Å². The van der Waals surface area contributed by atoms with E-state index in [0.29, 0.717) is 19.5 Å². The van der Waals surface area contributed by atoms with E-state index < -0.39 is 10.0 Å². The zero-order chi connectivity index (χ0) is 12.3. The first-order valence-corrected chi connectivity index (χ1v) is 7.30. The van der Waals surface area contributed by atoms with Gasteiger partial charge in [-0.3, -0.25) is 4.90 Å². The molecule has 0 aromatic carbocycles. The highest BCUT2D eigenvalue weighted by Crippen LogP contribution is 2.17. The maximum absolute atomic E-state index is 11.9. The predicted molar refractivity (Wildman–Crippen MR) is 63.7 cm³/mol. The number of sulfonamides is 1. The number of piperazine rings is 1. The topological polar surface area (TPSA) is 60.9 Å². The monoisotopic (exact) mass is 250 g/mol. The molecule has 0 bridgehead atoms. The molecule has 1 fully saturated rings. The first-order chi connectivity index (χ1) is 7.38. The standard InChI is InChI=1S/C10H22N2O3S/c1-9-7-12(8-10(2)11(9)3)16(14,15)6-4-5-13/h9-10,13H,4-8H2,1-3H3. The number of likely N-dealkylation sites (N-methyl/N-ethyl adjacent to an activating group) is 1. The lowest BCUT2D eigenvalue weighted by Crippen LogP contribution is -2.56. The van der Waals surface area contributed by atoms with E-state index in [2.05, 4.69) is 4.90 Å². The molecule has 0 saturated carbocycles. The van der Waals surface area contributed by atoms with Gasteiger partial charge in [-0.25, -0.2) is 8.42 Å². The van der Waals surface area contributed by atoms with Crippen molar-refractivity contribution in [3.8, 4) is 0 Å². The molecular formula is C10H22N2O3S. The summed E-state index contributed by atoms with van der Waals surface area (Å²) in [6, 6.07) is 0.486. The van der Waals surface area contributed by atoms with E-state index in [9.17, 15) is 8.42 Å². The summed E-state index contributed by atoms with van der Waals surface area (Å²) < 4.78 is 25.4. The molecule has 1 heterocycles. The summed E-state index contributed by atoms with van der Waals surface area (Å²) in [6.07, 6.45) is 0.317. The molecule has 0 amide bonds. The molecule has 1 aliphatic rings. The summed E-state index contributed by atoms with van der Waals surface area (Å²) in [5.74, 6) is 0.0483. The van der Waals surface area contributed by atoms with Gasteiger partial charge in [0.1, 0.15) is 0 Å². The van der Waals surface area contributed by atoms with Crippen LogP contribution in [0, 0.1) is 0 Å². The molecule has 0 aliphatic carbocycles. The predicted octanol–water partition coefficient (Wildman–Crippen LogP) is -0.277. The van der Waals surface area contributed by atoms with Gasteiger partial charge in [-0.15, -0.1) is 0 Å². The molecule has 1 N–H and O–H groups in total. The molecule has 0 radical (unpaired) electrons. The number of aliphatic hydroxyl groups excluding tert-OH is 1. The van der Waals surface area contributed by atoms with Crippen LogP contribution in [0.4, 0.5) is 0 Å². The molecular weight excluding hydrogens is 228 g/mol. The van der Waals surface area contributed by atoms with Gasteiger partial charge in [0.25, 0.3) is 0 Å². The third kappa shape index (κ3) is 3.16. The van der Waals surface area contributed by atoms with E-state index in [1.165, 1.54) is 0 Å². The lowest BCUT2D eigenvalue weighted by Gasteiger charge is -2.41. The Morgan fingerprint density at radius 2 is 1.75 bits per heavy atom. The first-order valence-electron chi connectivity index (χ1n) is 5.69. The van der Waals surface area contributed by atoms with E-state index in [0.717, 1.165) is 0 Å². The number of rotatable bonds is 4. The number of nitrogens with zero attached hydrogens (tertiary/aromatic N) is 2. The second-order valence-electron chi connectivity index (χ2n) is 4.57. The van der Waals surface area contributed by atoms with Gasteiger partial charge in [0.2, 0.25) is 10.0 Å². The highest BCUT2D eigenvalue weighted by molar-refractivity contribution is 7.89. The van der Waals surface area contributed by atoms with Crippen molar-refractivity contribution in [3.05, 3.63) is 0 Å². The van der Waals surface area contributed by atoms with Crippen molar-refractivity contribution in [1.82, 2.24) is 9.21 Å². The third-order valence-corrected chi connectivity index (χ3v) is 5.17. The van der Waals surface area contributed by atoms with E-state index in [4.69, 9.17) is 5.11 Å². The van der Waals surface area contributed by atoms with Gasteiger partial charge in [0, 0.05) is 31.8 Å². The van der Waals surface area contributed by atoms with E-state index >= 15 is 0 Å². The largest absolute Gasteiger partial charge is 0.396 e. The quantitative estimate of drug-likeness (QED) is 0.746. The normalized spacial score (nSPS) is 29.5. The highest BCUT2D eigenvalue weighted by Gasteiger charge is 2.32. The minimum Gasteiger partial charge on any atom is -0.396 e. The lowest BCUT2D eigenvalue weighted by atomic mass is 10.1. The van der Waals surface area contributed by atoms with Crippen LogP contribution in [0.15, 0.2) is 0 Å². The molecule has 5 nitrogen and oxygen atoms in total. The minimum atomic E-state index is -3.19. The first kappa shape index (κ1) is 13.9. The van der Waals surface area contributed by atoms with Crippen LogP contribution in [0.2, 0.25) is 0 Å². The Morgan fingerprint density at radius 1 is 1.25 bits per heavy atom. The lowest BCUT2D eigenvalue weighted by molar-refractivity contribution is 0.105. The van der Waals surface area contributed by atoms with Crippen LogP contribution in [0.5, 0.6) is 0 Å². The van der Waals surface area contributed by atoms with Crippen LogP contribution in [-0.2, 0) is 10.0 Å². The summed E-state index contributed by atoms with van der Waals surface area (Å²) in [7, 11) is -1.17. The Bertz CT molecular complexity index is 306. The average molecular weight is 250 g/mol. The Hall–Kier alpha value is -0.170. The summed E-state index contributed by atoms with van der Waals surface area (Å²) in [4.78, 5) is 2.19. The van der Waals surface area contributed by atoms with E-state index in [1.54, 1.807) is 4.31 Å². The van der Waals surface area contributed by atoms with Crippen molar-refractivity contribution in [1.29, 1.82) is 0 Å². The van der Waals surface area contributed by atoms with Gasteiger partial charge in [-0.2, -0.15) is 4.31 Å². The van der Waals surface area contributed by atoms with Gasteiger partial charge in [0.05, 0.1) is 5.75 Å². The molecule has 0 spiro atoms. The second-order valence-corrected chi connectivity index (χ2v) is 6.66. The fraction of sp³-hybridized carbons (Fsp3) is 1.00. The van der Waals surface area contributed by atoms with Crippen LogP contribution >= 0.6 is 0 Å². The summed E-state index contributed by atoms with van der Waals surface area (Å²) in [5, 5.41) is 8.68. The Balaban J connectivity index is 2.67. The van der Waals surface area contributed by atoms with Crippen LogP contribution in [-0.4, -0.2) is 67.3 Å². The Morgan fingerprint density at radius 3 is 2.19 bits per heavy atom. The molecule has 1 saturated heterocycles. The minimum absolute atomic E-state index is 0.0483. The van der Waals surface area contributed by atoms with Crippen LogP contribution in [0.3, 0.4) is 0 Å². The SMILES string of the molecule is CC1CN(S(=O)(=O)CCCO)CC(C)N1C. The highest BCUT2D eigenvalue weighted by atomic mass is 32.2. The number of aliphatic hydroxyl groups is 1. The van der Waals surface area contributed by atoms with Gasteiger partial charge in [0.15, 0.2) is 0 Å². The van der Waals surface area contributed by atoms with E-state index in [-0.39, 0.29) is 24.4 Å². The molecule has 2 atom stereocenters. The molecule has 0 aromatic rings. The summed E-state index contributed by atoms with van der Waals surface area (Å²) >= 11 is 0. The summed E-state index contributed by atoms with van der Waals surface area (Å²) in [6.45, 7) is 5.09. The smallest absolute Gasteiger partial charge is 0.214 e. The molecule has 2 unspecified atom stereocenters. The number of hydrogen-bond donors (Lipinski definition) is 1. The van der Waals surface area contributed by atoms with Crippen molar-refractivity contribution in [3.63, 3.8) is 0 Å². The number of hydrogen-bond acceptors (Lipinski definition) is 4. The van der Waals surface area contributed by atoms with Gasteiger partial charge >= 0.3 is 0 Å². The fourth-order valence-electron chi connectivity index (χ4n) is 1.96. The molecule has 6 heteroatoms. The molecule has 96 valence electrons. The van der Waals surface area contributed by atoms with Gasteiger partial charge < -0.3 is 5.11 Å². The van der Waals surface area contributed by atoms with Crippen molar-refractivity contribution < 1.29 is 13.5 Å². The van der Waals surface area contributed by atoms with Gasteiger partial charge in [-0.05, 0) is 27.3 Å². The van der Waals surface area contributed by atoms with Gasteiger partial charge in [-0.1, -0.05) is 0 Å².